The first-order chi connectivity index (χ1) is 15.1. The van der Waals surface area contributed by atoms with E-state index in [9.17, 15) is 15.3 Å². The lowest BCUT2D eigenvalue weighted by molar-refractivity contribution is -0.0711. The molecule has 3 atom stereocenters. The normalized spacial score (nSPS) is 21.9. The maximum atomic E-state index is 9.85. The van der Waals surface area contributed by atoms with E-state index in [1.807, 2.05) is 12.1 Å². The third-order valence-corrected chi connectivity index (χ3v) is 5.99. The van der Waals surface area contributed by atoms with Crippen molar-refractivity contribution in [3.8, 4) is 16.9 Å². The number of hydrogen-bond acceptors (Lipinski definition) is 6. The standard InChI is InChI=1S/C25H35NO5/c1-30-23-11-9-21(10-12-23)20-7-5-19(6-8-20)18-31-14-4-2-3-13-26-16-25(29)24(28)15-22(26)17-27/h5-12,22,24-25,27-29H,2-4,13-18H2,1H3/t22-,24?,25+/m1/s1. The van der Waals surface area contributed by atoms with Crippen molar-refractivity contribution < 1.29 is 24.8 Å². The highest BCUT2D eigenvalue weighted by Gasteiger charge is 2.32. The first-order valence-corrected chi connectivity index (χ1v) is 11.1. The molecule has 2 aromatic rings. The second-order valence-electron chi connectivity index (χ2n) is 8.24. The van der Waals surface area contributed by atoms with Gasteiger partial charge in [-0.3, -0.25) is 4.90 Å². The topological polar surface area (TPSA) is 82.4 Å². The predicted molar refractivity (Wildman–Crippen MR) is 121 cm³/mol. The van der Waals surface area contributed by atoms with Gasteiger partial charge in [0.2, 0.25) is 0 Å². The summed E-state index contributed by atoms with van der Waals surface area (Å²) in [5, 5.41) is 29.1. The van der Waals surface area contributed by atoms with Crippen LogP contribution in [-0.4, -0.2) is 71.9 Å². The van der Waals surface area contributed by atoms with Crippen LogP contribution in [0.5, 0.6) is 5.75 Å². The minimum atomic E-state index is -0.730. The van der Waals surface area contributed by atoms with E-state index in [1.165, 1.54) is 5.56 Å². The minimum absolute atomic E-state index is 0.0180. The van der Waals surface area contributed by atoms with Crippen molar-refractivity contribution in [2.24, 2.45) is 0 Å². The highest BCUT2D eigenvalue weighted by molar-refractivity contribution is 5.64. The lowest BCUT2D eigenvalue weighted by Crippen LogP contribution is -2.53. The van der Waals surface area contributed by atoms with Crippen molar-refractivity contribution in [1.82, 2.24) is 4.90 Å². The van der Waals surface area contributed by atoms with Gasteiger partial charge in [-0.1, -0.05) is 36.4 Å². The molecule has 6 heteroatoms. The summed E-state index contributed by atoms with van der Waals surface area (Å²) in [6.45, 7) is 2.58. The molecule has 0 aromatic heterocycles. The van der Waals surface area contributed by atoms with E-state index in [2.05, 4.69) is 41.3 Å². The molecular weight excluding hydrogens is 394 g/mol. The Morgan fingerprint density at radius 2 is 1.58 bits per heavy atom. The van der Waals surface area contributed by atoms with Crippen molar-refractivity contribution in [2.75, 3.05) is 33.4 Å². The summed E-state index contributed by atoms with van der Waals surface area (Å²) in [4.78, 5) is 2.09. The third kappa shape index (κ3) is 7.02. The molecule has 3 N–H and O–H groups in total. The molecule has 1 fully saturated rings. The largest absolute Gasteiger partial charge is 0.497 e. The summed E-state index contributed by atoms with van der Waals surface area (Å²) in [6, 6.07) is 16.4. The smallest absolute Gasteiger partial charge is 0.118 e. The molecule has 1 unspecified atom stereocenters. The van der Waals surface area contributed by atoms with Crippen LogP contribution < -0.4 is 4.74 Å². The number of aliphatic hydroxyl groups is 3. The molecule has 1 aliphatic rings. The number of unbranched alkanes of at least 4 members (excludes halogenated alkanes) is 2. The lowest BCUT2D eigenvalue weighted by Gasteiger charge is -2.39. The first-order valence-electron chi connectivity index (χ1n) is 11.1. The molecule has 1 saturated heterocycles. The highest BCUT2D eigenvalue weighted by Crippen LogP contribution is 2.23. The van der Waals surface area contributed by atoms with Gasteiger partial charge in [0, 0.05) is 19.2 Å². The zero-order chi connectivity index (χ0) is 22.1. The molecule has 3 rings (SSSR count). The number of aliphatic hydroxyl groups excluding tert-OH is 3. The number of ether oxygens (including phenoxy) is 2. The molecule has 31 heavy (non-hydrogen) atoms. The van der Waals surface area contributed by atoms with Gasteiger partial charge in [0.1, 0.15) is 5.75 Å². The third-order valence-electron chi connectivity index (χ3n) is 5.99. The van der Waals surface area contributed by atoms with E-state index in [1.54, 1.807) is 7.11 Å². The SMILES string of the molecule is COc1ccc(-c2ccc(COCCCCCN3C[C@H](O)C(O)C[C@@H]3CO)cc2)cc1. The predicted octanol–water partition coefficient (Wildman–Crippen LogP) is 2.84. The summed E-state index contributed by atoms with van der Waals surface area (Å²) >= 11 is 0. The number of methoxy groups -OCH3 is 1. The van der Waals surface area contributed by atoms with Crippen LogP contribution in [0.4, 0.5) is 0 Å². The Morgan fingerprint density at radius 1 is 0.903 bits per heavy atom. The molecule has 0 bridgehead atoms. The maximum absolute atomic E-state index is 9.85. The van der Waals surface area contributed by atoms with Gasteiger partial charge in [0.05, 0.1) is 32.5 Å². The average Bonchev–Trinajstić information content (AvgIpc) is 2.81. The van der Waals surface area contributed by atoms with Gasteiger partial charge in [0.15, 0.2) is 0 Å². The van der Waals surface area contributed by atoms with Crippen LogP contribution in [0.25, 0.3) is 11.1 Å². The molecule has 0 radical (unpaired) electrons. The van der Waals surface area contributed by atoms with Crippen LogP contribution >= 0.6 is 0 Å². The molecular formula is C25H35NO5. The average molecular weight is 430 g/mol. The van der Waals surface area contributed by atoms with Gasteiger partial charge in [-0.15, -0.1) is 0 Å². The van der Waals surface area contributed by atoms with Gasteiger partial charge in [0.25, 0.3) is 0 Å². The van der Waals surface area contributed by atoms with Crippen LogP contribution in [0.1, 0.15) is 31.2 Å². The van der Waals surface area contributed by atoms with Gasteiger partial charge in [-0.25, -0.2) is 0 Å². The quantitative estimate of drug-likeness (QED) is 0.477. The maximum Gasteiger partial charge on any atom is 0.118 e. The van der Waals surface area contributed by atoms with E-state index >= 15 is 0 Å². The Hall–Kier alpha value is -1.96. The summed E-state index contributed by atoms with van der Waals surface area (Å²) in [5.41, 5.74) is 3.49. The zero-order valence-electron chi connectivity index (χ0n) is 18.3. The number of likely N-dealkylation sites (tertiary alicyclic amines) is 1. The van der Waals surface area contributed by atoms with Crippen molar-refractivity contribution in [3.05, 3.63) is 54.1 Å². The van der Waals surface area contributed by atoms with Crippen molar-refractivity contribution in [3.63, 3.8) is 0 Å². The van der Waals surface area contributed by atoms with Crippen LogP contribution in [-0.2, 0) is 11.3 Å². The van der Waals surface area contributed by atoms with Crippen LogP contribution in [0.15, 0.2) is 48.5 Å². The van der Waals surface area contributed by atoms with Gasteiger partial charge in [-0.05, 0) is 61.1 Å². The second kappa shape index (κ2) is 12.2. The number of β-amino-alcohol motifs (C(OH)–C–C–N with tert-alkyl or cyclic N) is 1. The van der Waals surface area contributed by atoms with Crippen LogP contribution in [0.3, 0.4) is 0 Å². The Kier molecular flexibility index (Phi) is 9.31. The number of rotatable bonds is 11. The molecule has 1 heterocycles. The second-order valence-corrected chi connectivity index (χ2v) is 8.24. The van der Waals surface area contributed by atoms with Crippen molar-refractivity contribution in [1.29, 1.82) is 0 Å². The highest BCUT2D eigenvalue weighted by atomic mass is 16.5. The Balaban J connectivity index is 1.31. The van der Waals surface area contributed by atoms with E-state index < -0.39 is 12.2 Å². The van der Waals surface area contributed by atoms with Gasteiger partial charge >= 0.3 is 0 Å². The van der Waals surface area contributed by atoms with Crippen LogP contribution in [0, 0.1) is 0 Å². The van der Waals surface area contributed by atoms with Crippen molar-refractivity contribution in [2.45, 2.75) is 50.5 Å². The number of hydrogen-bond donors (Lipinski definition) is 3. The summed E-state index contributed by atoms with van der Waals surface area (Å²) in [5.74, 6) is 0.856. The number of piperidine rings is 1. The van der Waals surface area contributed by atoms with E-state index in [-0.39, 0.29) is 12.6 Å². The minimum Gasteiger partial charge on any atom is -0.497 e. The molecule has 170 valence electrons. The Morgan fingerprint density at radius 3 is 2.23 bits per heavy atom. The molecule has 0 aliphatic carbocycles. The summed E-state index contributed by atoms with van der Waals surface area (Å²) in [6.07, 6.45) is 1.97. The van der Waals surface area contributed by atoms with Crippen molar-refractivity contribution >= 4 is 0 Å². The lowest BCUT2D eigenvalue weighted by atomic mass is 9.97. The Bertz CT molecular complexity index is 764. The number of nitrogens with zero attached hydrogens (tertiary/aromatic N) is 1. The molecule has 0 saturated carbocycles. The van der Waals surface area contributed by atoms with E-state index in [0.717, 1.165) is 42.7 Å². The molecule has 0 amide bonds. The van der Waals surface area contributed by atoms with Gasteiger partial charge < -0.3 is 24.8 Å². The molecule has 6 nitrogen and oxygen atoms in total. The fourth-order valence-corrected chi connectivity index (χ4v) is 4.02. The molecule has 2 aromatic carbocycles. The molecule has 0 spiro atoms. The zero-order valence-corrected chi connectivity index (χ0v) is 18.3. The monoisotopic (exact) mass is 429 g/mol. The summed E-state index contributed by atoms with van der Waals surface area (Å²) < 4.78 is 11.0. The fourth-order valence-electron chi connectivity index (χ4n) is 4.02. The Labute approximate surface area is 185 Å². The van der Waals surface area contributed by atoms with Gasteiger partial charge in [-0.2, -0.15) is 0 Å². The first kappa shape index (κ1) is 23.7. The molecule has 1 aliphatic heterocycles. The number of benzene rings is 2. The van der Waals surface area contributed by atoms with E-state index in [4.69, 9.17) is 9.47 Å². The van der Waals surface area contributed by atoms with Crippen LogP contribution in [0.2, 0.25) is 0 Å². The summed E-state index contributed by atoms with van der Waals surface area (Å²) in [7, 11) is 1.67. The fraction of sp³-hybridized carbons (Fsp3) is 0.520. The van der Waals surface area contributed by atoms with E-state index in [0.29, 0.717) is 26.2 Å².